The van der Waals surface area contributed by atoms with Crippen LogP contribution < -0.4 is 10.9 Å². The minimum absolute atomic E-state index is 0.0257. The molecule has 1 aromatic heterocycles. The number of aromatic hydroxyl groups is 1. The van der Waals surface area contributed by atoms with Crippen LogP contribution in [0.5, 0.6) is 5.88 Å². The minimum Gasteiger partial charge on any atom is -0.494 e. The number of amides is 1. The zero-order valence-electron chi connectivity index (χ0n) is 10.9. The highest BCUT2D eigenvalue weighted by molar-refractivity contribution is 14.1. The first-order valence-corrected chi connectivity index (χ1v) is 7.49. The van der Waals surface area contributed by atoms with Gasteiger partial charge in [-0.05, 0) is 47.2 Å². The quantitative estimate of drug-likeness (QED) is 0.530. The molecule has 0 saturated carbocycles. The van der Waals surface area contributed by atoms with E-state index in [4.69, 9.17) is 0 Å². The fraction of sp³-hybridized carbons (Fsp3) is 0.214. The molecule has 1 fully saturated rings. The van der Waals surface area contributed by atoms with Crippen molar-refractivity contribution in [3.05, 3.63) is 37.7 Å². The molecule has 1 aliphatic rings. The molecule has 108 valence electrons. The maximum atomic E-state index is 11.8. The van der Waals surface area contributed by atoms with Crippen LogP contribution >= 0.6 is 22.6 Å². The van der Waals surface area contributed by atoms with Crippen molar-refractivity contribution in [3.8, 4) is 5.88 Å². The molecule has 1 aromatic carbocycles. The van der Waals surface area contributed by atoms with Crippen LogP contribution in [0.15, 0.2) is 28.0 Å². The molecule has 3 rings (SSSR count). The van der Waals surface area contributed by atoms with Gasteiger partial charge in [0.15, 0.2) is 0 Å². The number of benzene rings is 1. The van der Waals surface area contributed by atoms with Gasteiger partial charge in [-0.2, -0.15) is 0 Å². The fourth-order valence-electron chi connectivity index (χ4n) is 2.31. The van der Waals surface area contributed by atoms with E-state index in [0.717, 1.165) is 3.57 Å². The van der Waals surface area contributed by atoms with Crippen LogP contribution in [0.2, 0.25) is 0 Å². The standard InChI is InChI=1S/C14H12IN3O3/c15-7-1-2-8-9(5-7)10(14(21)18-13(8)20)6-16-11-3-4-12(19)17-11/h1-2,5-6,11H,3-4H2,(H,17,19)(H2,18,20,21). The van der Waals surface area contributed by atoms with Crippen molar-refractivity contribution in [1.29, 1.82) is 0 Å². The first-order chi connectivity index (χ1) is 10.0. The predicted molar refractivity (Wildman–Crippen MR) is 87.7 cm³/mol. The Labute approximate surface area is 133 Å². The topological polar surface area (TPSA) is 94.5 Å². The summed E-state index contributed by atoms with van der Waals surface area (Å²) in [6, 6.07) is 5.36. The summed E-state index contributed by atoms with van der Waals surface area (Å²) in [5, 5.41) is 13.8. The van der Waals surface area contributed by atoms with Crippen molar-refractivity contribution in [2.24, 2.45) is 4.99 Å². The summed E-state index contributed by atoms with van der Waals surface area (Å²) in [7, 11) is 0. The molecular weight excluding hydrogens is 385 g/mol. The van der Waals surface area contributed by atoms with Gasteiger partial charge >= 0.3 is 0 Å². The fourth-order valence-corrected chi connectivity index (χ4v) is 2.80. The first-order valence-electron chi connectivity index (χ1n) is 6.41. The maximum Gasteiger partial charge on any atom is 0.258 e. The number of H-pyrrole nitrogens is 1. The van der Waals surface area contributed by atoms with Crippen molar-refractivity contribution < 1.29 is 9.90 Å². The lowest BCUT2D eigenvalue weighted by molar-refractivity contribution is -0.119. The molecule has 1 amide bonds. The minimum atomic E-state index is -0.342. The van der Waals surface area contributed by atoms with E-state index in [1.165, 1.54) is 6.21 Å². The summed E-state index contributed by atoms with van der Waals surface area (Å²) in [4.78, 5) is 29.7. The molecular formula is C14H12IN3O3. The third-order valence-electron chi connectivity index (χ3n) is 3.36. The summed E-state index contributed by atoms with van der Waals surface area (Å²) in [6.07, 6.45) is 2.31. The van der Waals surface area contributed by atoms with E-state index in [9.17, 15) is 14.7 Å². The van der Waals surface area contributed by atoms with E-state index in [1.807, 2.05) is 12.1 Å². The van der Waals surface area contributed by atoms with E-state index < -0.39 is 0 Å². The van der Waals surface area contributed by atoms with E-state index in [-0.39, 0.29) is 23.5 Å². The monoisotopic (exact) mass is 397 g/mol. The molecule has 6 nitrogen and oxygen atoms in total. The number of aromatic amines is 1. The van der Waals surface area contributed by atoms with E-state index in [1.54, 1.807) is 6.07 Å². The van der Waals surface area contributed by atoms with Crippen molar-refractivity contribution in [1.82, 2.24) is 10.3 Å². The molecule has 0 radical (unpaired) electrons. The Morgan fingerprint density at radius 1 is 1.33 bits per heavy atom. The Kier molecular flexibility index (Phi) is 3.66. The average molecular weight is 397 g/mol. The highest BCUT2D eigenvalue weighted by Crippen LogP contribution is 2.23. The maximum absolute atomic E-state index is 11.8. The number of aromatic nitrogens is 1. The van der Waals surface area contributed by atoms with Gasteiger partial charge in [0.05, 0.1) is 5.56 Å². The van der Waals surface area contributed by atoms with Crippen LogP contribution in [0.1, 0.15) is 18.4 Å². The second kappa shape index (κ2) is 5.47. The van der Waals surface area contributed by atoms with Gasteiger partial charge in [-0.15, -0.1) is 0 Å². The Bertz CT molecular complexity index is 813. The average Bonchev–Trinajstić information content (AvgIpc) is 2.84. The van der Waals surface area contributed by atoms with Crippen LogP contribution in [-0.4, -0.2) is 28.4 Å². The summed E-state index contributed by atoms with van der Waals surface area (Å²) < 4.78 is 0.953. The molecule has 3 N–H and O–H groups in total. The number of rotatable bonds is 2. The SMILES string of the molecule is O=C1CCC(N=Cc2c(O)[nH]c(=O)c3ccc(I)cc23)N1. The van der Waals surface area contributed by atoms with Gasteiger partial charge in [0, 0.05) is 27.0 Å². The predicted octanol–water partition coefficient (Wildman–Crippen LogP) is 1.49. The zero-order chi connectivity index (χ0) is 15.0. The third kappa shape index (κ3) is 2.78. The number of carbonyl (C=O) groups is 1. The highest BCUT2D eigenvalue weighted by Gasteiger charge is 2.19. The van der Waals surface area contributed by atoms with Gasteiger partial charge in [0.2, 0.25) is 11.8 Å². The normalized spacial score (nSPS) is 18.5. The number of nitrogens with zero attached hydrogens (tertiary/aromatic N) is 1. The second-order valence-corrected chi connectivity index (χ2v) is 6.05. The largest absolute Gasteiger partial charge is 0.494 e. The Morgan fingerprint density at radius 2 is 2.14 bits per heavy atom. The summed E-state index contributed by atoms with van der Waals surface area (Å²) in [6.45, 7) is 0. The highest BCUT2D eigenvalue weighted by atomic mass is 127. The van der Waals surface area contributed by atoms with Crippen LogP contribution in [0, 0.1) is 3.57 Å². The Morgan fingerprint density at radius 3 is 2.86 bits per heavy atom. The van der Waals surface area contributed by atoms with Gasteiger partial charge in [-0.3, -0.25) is 19.6 Å². The molecule has 2 heterocycles. The molecule has 1 unspecified atom stereocenters. The lowest BCUT2D eigenvalue weighted by Gasteiger charge is -2.07. The lowest BCUT2D eigenvalue weighted by Crippen LogP contribution is -2.23. The van der Waals surface area contributed by atoms with Crippen LogP contribution in [0.25, 0.3) is 10.8 Å². The van der Waals surface area contributed by atoms with E-state index in [2.05, 4.69) is 37.9 Å². The number of halogens is 1. The van der Waals surface area contributed by atoms with E-state index in [0.29, 0.717) is 29.2 Å². The van der Waals surface area contributed by atoms with E-state index >= 15 is 0 Å². The molecule has 21 heavy (non-hydrogen) atoms. The number of pyridine rings is 1. The molecule has 2 aromatic rings. The third-order valence-corrected chi connectivity index (χ3v) is 4.03. The van der Waals surface area contributed by atoms with Crippen molar-refractivity contribution in [2.45, 2.75) is 19.0 Å². The van der Waals surface area contributed by atoms with Crippen LogP contribution in [0.4, 0.5) is 0 Å². The number of fused-ring (bicyclic) bond motifs is 1. The molecule has 7 heteroatoms. The van der Waals surface area contributed by atoms with Gasteiger partial charge < -0.3 is 10.4 Å². The van der Waals surface area contributed by atoms with Gasteiger partial charge in [-0.25, -0.2) is 0 Å². The molecule has 1 atom stereocenters. The first kappa shape index (κ1) is 14.1. The Hall–Kier alpha value is -1.90. The van der Waals surface area contributed by atoms with Gasteiger partial charge in [0.25, 0.3) is 5.56 Å². The van der Waals surface area contributed by atoms with Crippen molar-refractivity contribution >= 4 is 45.5 Å². The molecule has 1 aliphatic heterocycles. The van der Waals surface area contributed by atoms with Gasteiger partial charge in [0.1, 0.15) is 6.17 Å². The summed E-state index contributed by atoms with van der Waals surface area (Å²) in [5.41, 5.74) is 0.106. The number of nitrogens with one attached hydrogen (secondary N) is 2. The van der Waals surface area contributed by atoms with Crippen molar-refractivity contribution in [2.75, 3.05) is 0 Å². The molecule has 0 aliphatic carbocycles. The van der Waals surface area contributed by atoms with Crippen molar-refractivity contribution in [3.63, 3.8) is 0 Å². The van der Waals surface area contributed by atoms with Crippen LogP contribution in [-0.2, 0) is 4.79 Å². The van der Waals surface area contributed by atoms with Gasteiger partial charge in [-0.1, -0.05) is 0 Å². The molecule has 0 spiro atoms. The smallest absolute Gasteiger partial charge is 0.258 e. The summed E-state index contributed by atoms with van der Waals surface area (Å²) in [5.74, 6) is -0.246. The second-order valence-electron chi connectivity index (χ2n) is 4.81. The number of hydrogen-bond acceptors (Lipinski definition) is 4. The number of carbonyl (C=O) groups excluding carboxylic acids is 1. The number of aliphatic imine (C=N–C) groups is 1. The summed E-state index contributed by atoms with van der Waals surface area (Å²) >= 11 is 2.14. The lowest BCUT2D eigenvalue weighted by atomic mass is 10.1. The number of hydrogen-bond donors (Lipinski definition) is 3. The Balaban J connectivity index is 2.09. The van der Waals surface area contributed by atoms with Crippen LogP contribution in [0.3, 0.4) is 0 Å². The zero-order valence-corrected chi connectivity index (χ0v) is 13.0. The molecule has 1 saturated heterocycles. The molecule has 0 bridgehead atoms.